The van der Waals surface area contributed by atoms with Crippen LogP contribution in [0.15, 0.2) is 12.7 Å². The molecule has 106 valence electrons. The predicted octanol–water partition coefficient (Wildman–Crippen LogP) is 4.78. The molecule has 0 spiro atoms. The van der Waals surface area contributed by atoms with Gasteiger partial charge >= 0.3 is 0 Å². The Balaban J connectivity index is 2.24. The maximum Gasteiger partial charge on any atom is -0.00180 e. The molecule has 0 heterocycles. The molecule has 0 radical (unpaired) electrons. The summed E-state index contributed by atoms with van der Waals surface area (Å²) in [5.41, 5.74) is 0. The van der Waals surface area contributed by atoms with Crippen LogP contribution in [0.1, 0.15) is 65.2 Å². The highest BCUT2D eigenvalue weighted by Gasteiger charge is 2.27. The van der Waals surface area contributed by atoms with Gasteiger partial charge in [0.2, 0.25) is 0 Å². The first-order valence-electron chi connectivity index (χ1n) is 8.09. The second-order valence-corrected chi connectivity index (χ2v) is 6.17. The van der Waals surface area contributed by atoms with E-state index in [1.807, 2.05) is 0 Å². The minimum absolute atomic E-state index is 0.945. The summed E-state index contributed by atoms with van der Waals surface area (Å²) >= 11 is 0. The summed E-state index contributed by atoms with van der Waals surface area (Å²) in [4.78, 5) is 0. The summed E-state index contributed by atoms with van der Waals surface area (Å²) < 4.78 is 0. The van der Waals surface area contributed by atoms with Crippen molar-refractivity contribution in [2.75, 3.05) is 13.1 Å². The molecule has 0 aromatic carbocycles. The van der Waals surface area contributed by atoms with E-state index in [0.717, 1.165) is 24.3 Å². The molecule has 1 saturated carbocycles. The zero-order valence-corrected chi connectivity index (χ0v) is 12.6. The average molecular weight is 251 g/mol. The standard InChI is InChI=1S/C17H33N/c1-4-6-7-8-9-10-16-13-15(3)11-12-17(16)14-18-5-2/h4,15-18H,1,5-14H2,2-3H3. The Kier molecular flexibility index (Phi) is 8.41. The molecule has 1 N–H and O–H groups in total. The first kappa shape index (κ1) is 15.8. The van der Waals surface area contributed by atoms with Gasteiger partial charge in [-0.05, 0) is 56.5 Å². The van der Waals surface area contributed by atoms with Crippen molar-refractivity contribution in [3.05, 3.63) is 12.7 Å². The SMILES string of the molecule is C=CCCCCCC1CC(C)CCC1CNCC. The monoisotopic (exact) mass is 251 g/mol. The zero-order valence-electron chi connectivity index (χ0n) is 12.6. The second kappa shape index (κ2) is 9.61. The van der Waals surface area contributed by atoms with Crippen LogP contribution >= 0.6 is 0 Å². The van der Waals surface area contributed by atoms with Crippen LogP contribution in [0.3, 0.4) is 0 Å². The predicted molar refractivity (Wildman–Crippen MR) is 81.8 cm³/mol. The quantitative estimate of drug-likeness (QED) is 0.459. The molecule has 0 saturated heterocycles. The molecule has 1 aliphatic rings. The van der Waals surface area contributed by atoms with Gasteiger partial charge in [-0.3, -0.25) is 0 Å². The third-order valence-corrected chi connectivity index (χ3v) is 4.54. The molecule has 0 bridgehead atoms. The van der Waals surface area contributed by atoms with Crippen molar-refractivity contribution >= 4 is 0 Å². The van der Waals surface area contributed by atoms with E-state index in [4.69, 9.17) is 0 Å². The molecule has 0 aromatic rings. The van der Waals surface area contributed by atoms with E-state index in [-0.39, 0.29) is 0 Å². The van der Waals surface area contributed by atoms with Gasteiger partial charge in [0, 0.05) is 0 Å². The lowest BCUT2D eigenvalue weighted by molar-refractivity contribution is 0.172. The van der Waals surface area contributed by atoms with E-state index in [9.17, 15) is 0 Å². The van der Waals surface area contributed by atoms with Crippen LogP contribution in [0.4, 0.5) is 0 Å². The molecule has 1 heteroatoms. The fourth-order valence-corrected chi connectivity index (χ4v) is 3.39. The maximum absolute atomic E-state index is 3.80. The highest BCUT2D eigenvalue weighted by Crippen LogP contribution is 2.36. The van der Waals surface area contributed by atoms with Crippen molar-refractivity contribution in [1.82, 2.24) is 5.32 Å². The summed E-state index contributed by atoms with van der Waals surface area (Å²) in [6, 6.07) is 0. The molecule has 3 unspecified atom stereocenters. The Bertz CT molecular complexity index is 210. The van der Waals surface area contributed by atoms with Crippen molar-refractivity contribution in [3.63, 3.8) is 0 Å². The van der Waals surface area contributed by atoms with Crippen molar-refractivity contribution < 1.29 is 0 Å². The van der Waals surface area contributed by atoms with Crippen LogP contribution in [0.2, 0.25) is 0 Å². The Hall–Kier alpha value is -0.300. The van der Waals surface area contributed by atoms with Gasteiger partial charge in [-0.25, -0.2) is 0 Å². The third kappa shape index (κ3) is 6.04. The van der Waals surface area contributed by atoms with E-state index in [1.54, 1.807) is 0 Å². The normalized spacial score (nSPS) is 28.2. The van der Waals surface area contributed by atoms with Crippen molar-refractivity contribution in [2.45, 2.75) is 65.2 Å². The van der Waals surface area contributed by atoms with Gasteiger partial charge in [0.1, 0.15) is 0 Å². The van der Waals surface area contributed by atoms with Crippen LogP contribution < -0.4 is 5.32 Å². The summed E-state index contributed by atoms with van der Waals surface area (Å²) in [6.45, 7) is 10.8. The molecule has 1 aliphatic carbocycles. The zero-order chi connectivity index (χ0) is 13.2. The summed E-state index contributed by atoms with van der Waals surface area (Å²) in [5.74, 6) is 2.89. The maximum atomic E-state index is 3.80. The first-order valence-corrected chi connectivity index (χ1v) is 8.09. The van der Waals surface area contributed by atoms with Crippen LogP contribution in [0, 0.1) is 17.8 Å². The van der Waals surface area contributed by atoms with Crippen molar-refractivity contribution in [2.24, 2.45) is 17.8 Å². The van der Waals surface area contributed by atoms with Gasteiger partial charge in [0.05, 0.1) is 0 Å². The van der Waals surface area contributed by atoms with Gasteiger partial charge in [-0.15, -0.1) is 6.58 Å². The first-order chi connectivity index (χ1) is 8.77. The Morgan fingerprint density at radius 2 is 2.00 bits per heavy atom. The highest BCUT2D eigenvalue weighted by molar-refractivity contribution is 4.80. The molecule has 1 fully saturated rings. The van der Waals surface area contributed by atoms with Crippen LogP contribution in [0.5, 0.6) is 0 Å². The molecule has 0 aliphatic heterocycles. The van der Waals surface area contributed by atoms with E-state index in [0.29, 0.717) is 0 Å². The van der Waals surface area contributed by atoms with Gasteiger partial charge in [0.15, 0.2) is 0 Å². The van der Waals surface area contributed by atoms with Crippen molar-refractivity contribution in [1.29, 1.82) is 0 Å². The molecule has 0 amide bonds. The van der Waals surface area contributed by atoms with Gasteiger partial charge in [0.25, 0.3) is 0 Å². The Morgan fingerprint density at radius 1 is 1.17 bits per heavy atom. The molecule has 1 rings (SSSR count). The fourth-order valence-electron chi connectivity index (χ4n) is 3.39. The number of allylic oxidation sites excluding steroid dienone is 1. The van der Waals surface area contributed by atoms with Crippen LogP contribution in [-0.2, 0) is 0 Å². The third-order valence-electron chi connectivity index (χ3n) is 4.54. The highest BCUT2D eigenvalue weighted by atomic mass is 14.8. The van der Waals surface area contributed by atoms with Crippen LogP contribution in [0.25, 0.3) is 0 Å². The molecular weight excluding hydrogens is 218 g/mol. The number of hydrogen-bond donors (Lipinski definition) is 1. The number of nitrogens with one attached hydrogen (secondary N) is 1. The molecule has 0 aromatic heterocycles. The van der Waals surface area contributed by atoms with Gasteiger partial charge in [-0.2, -0.15) is 0 Å². The number of hydrogen-bond acceptors (Lipinski definition) is 1. The smallest absolute Gasteiger partial charge is 0.00180 e. The largest absolute Gasteiger partial charge is 0.317 e. The van der Waals surface area contributed by atoms with Crippen molar-refractivity contribution in [3.8, 4) is 0 Å². The Labute approximate surface area is 114 Å². The molecule has 3 atom stereocenters. The van der Waals surface area contributed by atoms with E-state index >= 15 is 0 Å². The minimum atomic E-state index is 0.945. The minimum Gasteiger partial charge on any atom is -0.317 e. The van der Waals surface area contributed by atoms with E-state index < -0.39 is 0 Å². The lowest BCUT2D eigenvalue weighted by atomic mass is 9.72. The topological polar surface area (TPSA) is 12.0 Å². The lowest BCUT2D eigenvalue weighted by Gasteiger charge is -2.35. The summed E-state index contributed by atoms with van der Waals surface area (Å²) in [7, 11) is 0. The summed E-state index contributed by atoms with van der Waals surface area (Å²) in [5, 5.41) is 3.56. The Morgan fingerprint density at radius 3 is 2.72 bits per heavy atom. The second-order valence-electron chi connectivity index (χ2n) is 6.17. The molecular formula is C17H33N. The van der Waals surface area contributed by atoms with E-state index in [1.165, 1.54) is 57.9 Å². The number of rotatable bonds is 9. The fraction of sp³-hybridized carbons (Fsp3) is 0.882. The van der Waals surface area contributed by atoms with Crippen LogP contribution in [-0.4, -0.2) is 13.1 Å². The average Bonchev–Trinajstić information content (AvgIpc) is 2.37. The molecule has 1 nitrogen and oxygen atoms in total. The summed E-state index contributed by atoms with van der Waals surface area (Å²) in [6.07, 6.45) is 13.2. The van der Waals surface area contributed by atoms with Gasteiger partial charge in [-0.1, -0.05) is 45.6 Å². The number of unbranched alkanes of at least 4 members (excludes halogenated alkanes) is 3. The van der Waals surface area contributed by atoms with Gasteiger partial charge < -0.3 is 5.32 Å². The lowest BCUT2D eigenvalue weighted by Crippen LogP contribution is -2.32. The molecule has 18 heavy (non-hydrogen) atoms. The van der Waals surface area contributed by atoms with E-state index in [2.05, 4.69) is 31.8 Å².